The van der Waals surface area contributed by atoms with Gasteiger partial charge in [0, 0.05) is 0 Å². The van der Waals surface area contributed by atoms with Crippen molar-refractivity contribution in [2.45, 2.75) is 69.8 Å². The maximum absolute atomic E-state index is 12.2. The molecule has 0 spiro atoms. The van der Waals surface area contributed by atoms with Crippen LogP contribution in [-0.4, -0.2) is 24.8 Å². The van der Waals surface area contributed by atoms with Gasteiger partial charge in [0.15, 0.2) is 0 Å². The van der Waals surface area contributed by atoms with Crippen LogP contribution in [0.1, 0.15) is 54.4 Å². The Bertz CT molecular complexity index is 1560. The zero-order valence-electron chi connectivity index (χ0n) is 27.1. The van der Waals surface area contributed by atoms with E-state index in [1.54, 1.807) is 12.2 Å². The highest BCUT2D eigenvalue weighted by atomic mass is 19.4. The molecule has 0 saturated carbocycles. The van der Waals surface area contributed by atoms with Crippen LogP contribution in [-0.2, 0) is 22.3 Å². The number of aryl methyl sites for hydroxylation is 2. The molecule has 4 N–H and O–H groups in total. The van der Waals surface area contributed by atoms with Crippen molar-refractivity contribution in [3.8, 4) is 0 Å². The largest absolute Gasteiger partial charge is 0.573 e. The van der Waals surface area contributed by atoms with Crippen LogP contribution in [0.25, 0.3) is 12.2 Å². The molecule has 0 fully saturated rings. The minimum atomic E-state index is -4.71. The highest BCUT2D eigenvalue weighted by Gasteiger charge is 2.33. The predicted octanol–water partition coefficient (Wildman–Crippen LogP) is 10.2. The number of benzene rings is 2. The first-order valence-electron chi connectivity index (χ1n) is 15.9. The molecule has 4 nitrogen and oxygen atoms in total. The highest BCUT2D eigenvalue weighted by molar-refractivity contribution is 5.61. The number of nitrogens with two attached hydrogens (primary N) is 2. The van der Waals surface area contributed by atoms with Gasteiger partial charge in [-0.05, 0) is 115 Å². The van der Waals surface area contributed by atoms with Gasteiger partial charge in [-0.3, -0.25) is 0 Å². The minimum Gasteiger partial charge on any atom is -0.406 e. The third kappa shape index (κ3) is 15.0. The second-order valence-electron chi connectivity index (χ2n) is 11.4. The Kier molecular flexibility index (Phi) is 15.0. The summed E-state index contributed by atoms with van der Waals surface area (Å²) in [6, 6.07) is 14.9. The van der Waals surface area contributed by atoms with E-state index >= 15 is 0 Å². The van der Waals surface area contributed by atoms with E-state index in [2.05, 4.69) is 34.8 Å². The van der Waals surface area contributed by atoms with E-state index in [4.69, 9.17) is 11.5 Å². The normalized spacial score (nSPS) is 19.1. The Morgan fingerprint density at radius 2 is 0.959 bits per heavy atom. The topological polar surface area (TPSA) is 70.5 Å². The van der Waals surface area contributed by atoms with Crippen molar-refractivity contribution in [1.82, 2.24) is 0 Å². The Balaban J connectivity index is 0.000000266. The van der Waals surface area contributed by atoms with Crippen molar-refractivity contribution in [1.29, 1.82) is 0 Å². The zero-order valence-corrected chi connectivity index (χ0v) is 27.1. The van der Waals surface area contributed by atoms with Crippen LogP contribution in [0.3, 0.4) is 0 Å². The average molecular weight is 685 g/mol. The van der Waals surface area contributed by atoms with Crippen LogP contribution in [0.4, 0.5) is 26.3 Å². The van der Waals surface area contributed by atoms with E-state index in [-0.39, 0.29) is 11.5 Å². The molecule has 0 amide bonds. The molecule has 4 rings (SSSR count). The molecule has 2 aliphatic rings. The molecule has 0 bridgehead atoms. The quantitative estimate of drug-likeness (QED) is 0.125. The highest BCUT2D eigenvalue weighted by Crippen LogP contribution is 2.27. The maximum Gasteiger partial charge on any atom is 0.573 e. The summed E-state index contributed by atoms with van der Waals surface area (Å²) in [5.41, 5.74) is 17.7. The maximum atomic E-state index is 12.2. The first-order chi connectivity index (χ1) is 23.2. The lowest BCUT2D eigenvalue weighted by atomic mass is 9.98. The van der Waals surface area contributed by atoms with Crippen molar-refractivity contribution < 1.29 is 35.8 Å². The summed E-state index contributed by atoms with van der Waals surface area (Å²) < 4.78 is 81.0. The monoisotopic (exact) mass is 684 g/mol. The van der Waals surface area contributed by atoms with Gasteiger partial charge in [-0.2, -0.15) is 0 Å². The fraction of sp³-hybridized carbons (Fsp3) is 0.282. The Morgan fingerprint density at radius 3 is 1.33 bits per heavy atom. The number of alkyl halides is 6. The summed E-state index contributed by atoms with van der Waals surface area (Å²) in [5.74, 6) is -0.572. The summed E-state index contributed by atoms with van der Waals surface area (Å²) in [6.07, 6.45) is 13.6. The Hall–Kier alpha value is -4.54. The van der Waals surface area contributed by atoms with Gasteiger partial charge in [-0.25, -0.2) is 0 Å². The Morgan fingerprint density at radius 1 is 0.571 bits per heavy atom. The molecule has 0 radical (unpaired) electrons. The van der Waals surface area contributed by atoms with Gasteiger partial charge in [0.2, 0.25) is 0 Å². The summed E-state index contributed by atoms with van der Waals surface area (Å²) in [5, 5.41) is 0. The van der Waals surface area contributed by atoms with Gasteiger partial charge in [0.1, 0.15) is 11.5 Å². The standard InChI is InChI=1S/C20H22F3NO.C19H20F3NO/c1-2-3-4-5-6-15-7-9-16(10-8-15)13-17-11-12-18(14-19(17)24)25-20(21,22)23;1-2-3-4-5-14-6-8-15(9-7-14)12-16-10-11-17(13-18(16)23)24-19(20,21)22/h2,7-14,19H,1,3-6,24H2;2,6-13,18H,1,3-5,23H2. The molecule has 0 aromatic heterocycles. The molecule has 2 aromatic carbocycles. The second kappa shape index (κ2) is 18.9. The van der Waals surface area contributed by atoms with E-state index in [0.29, 0.717) is 0 Å². The van der Waals surface area contributed by atoms with Gasteiger partial charge >= 0.3 is 12.7 Å². The molecule has 0 heterocycles. The van der Waals surface area contributed by atoms with Crippen LogP contribution in [0.15, 0.2) is 133 Å². The molecule has 49 heavy (non-hydrogen) atoms. The lowest BCUT2D eigenvalue weighted by molar-refractivity contribution is -0.304. The molecule has 2 aromatic rings. The first kappa shape index (κ1) is 38.9. The number of ether oxygens (including phenoxy) is 2. The van der Waals surface area contributed by atoms with Gasteiger partial charge in [-0.15, -0.1) is 39.5 Å². The van der Waals surface area contributed by atoms with Crippen LogP contribution >= 0.6 is 0 Å². The van der Waals surface area contributed by atoms with Crippen LogP contribution in [0, 0.1) is 0 Å². The molecule has 2 atom stereocenters. The van der Waals surface area contributed by atoms with Crippen LogP contribution in [0.5, 0.6) is 0 Å². The first-order valence-corrected chi connectivity index (χ1v) is 15.9. The van der Waals surface area contributed by atoms with E-state index in [1.165, 1.54) is 35.4 Å². The molecule has 262 valence electrons. The summed E-state index contributed by atoms with van der Waals surface area (Å²) in [6.45, 7) is 7.41. The third-order valence-corrected chi connectivity index (χ3v) is 7.43. The molecule has 0 saturated heterocycles. The molecule has 2 unspecified atom stereocenters. The van der Waals surface area contributed by atoms with Crippen molar-refractivity contribution in [2.75, 3.05) is 0 Å². The third-order valence-electron chi connectivity index (χ3n) is 7.43. The van der Waals surface area contributed by atoms with Gasteiger partial charge in [0.05, 0.1) is 12.1 Å². The fourth-order valence-electron chi connectivity index (χ4n) is 4.94. The van der Waals surface area contributed by atoms with Crippen LogP contribution in [0.2, 0.25) is 0 Å². The summed E-state index contributed by atoms with van der Waals surface area (Å²) >= 11 is 0. The smallest absolute Gasteiger partial charge is 0.406 e. The Labute approximate surface area is 284 Å². The molecular formula is C39H42F6N2O2. The van der Waals surface area contributed by atoms with E-state index in [1.807, 2.05) is 60.7 Å². The van der Waals surface area contributed by atoms with Gasteiger partial charge in [-0.1, -0.05) is 72.8 Å². The number of hydrogen-bond acceptors (Lipinski definition) is 4. The van der Waals surface area contributed by atoms with E-state index < -0.39 is 24.8 Å². The van der Waals surface area contributed by atoms with Crippen molar-refractivity contribution >= 4 is 12.2 Å². The van der Waals surface area contributed by atoms with Crippen LogP contribution < -0.4 is 11.5 Å². The molecule has 10 heteroatoms. The number of unbranched alkanes of at least 4 members (excludes halogenated alkanes) is 3. The predicted molar refractivity (Wildman–Crippen MR) is 184 cm³/mol. The number of rotatable bonds is 13. The second-order valence-corrected chi connectivity index (χ2v) is 11.4. The van der Waals surface area contributed by atoms with E-state index in [9.17, 15) is 26.3 Å². The minimum absolute atomic E-state index is 0.285. The van der Waals surface area contributed by atoms with Gasteiger partial charge in [0.25, 0.3) is 0 Å². The number of hydrogen-bond donors (Lipinski definition) is 2. The summed E-state index contributed by atoms with van der Waals surface area (Å²) in [4.78, 5) is 0. The van der Waals surface area contributed by atoms with Gasteiger partial charge < -0.3 is 20.9 Å². The number of allylic oxidation sites excluding steroid dienone is 4. The number of halogens is 6. The molecule has 2 aliphatic carbocycles. The lowest BCUT2D eigenvalue weighted by Crippen LogP contribution is -2.23. The molecular weight excluding hydrogens is 642 g/mol. The molecule has 0 aliphatic heterocycles. The van der Waals surface area contributed by atoms with Crippen molar-refractivity contribution in [3.05, 3.63) is 155 Å². The lowest BCUT2D eigenvalue weighted by Gasteiger charge is -2.17. The fourth-order valence-corrected chi connectivity index (χ4v) is 4.94. The SMILES string of the molecule is C=CCCCCc1ccc(C=C2C=CC(OC(F)(F)F)=CC2N)cc1.C=CCCCc1ccc(C=C2C=CC(OC(F)(F)F)=CC2N)cc1. The zero-order chi connectivity index (χ0) is 35.9. The summed E-state index contributed by atoms with van der Waals surface area (Å²) in [7, 11) is 0. The van der Waals surface area contributed by atoms with Crippen molar-refractivity contribution in [3.63, 3.8) is 0 Å². The van der Waals surface area contributed by atoms with Crippen molar-refractivity contribution in [2.24, 2.45) is 11.5 Å². The average Bonchev–Trinajstić information content (AvgIpc) is 3.02. The van der Waals surface area contributed by atoms with E-state index in [0.717, 1.165) is 67.2 Å².